The van der Waals surface area contributed by atoms with Crippen LogP contribution in [0.15, 0.2) is 40.4 Å². The highest BCUT2D eigenvalue weighted by Gasteiger charge is 2.39. The van der Waals surface area contributed by atoms with Crippen molar-refractivity contribution >= 4 is 27.2 Å². The van der Waals surface area contributed by atoms with Crippen molar-refractivity contribution in [2.24, 2.45) is 10.1 Å². The fourth-order valence-electron chi connectivity index (χ4n) is 2.35. The number of rotatable bonds is 5. The van der Waals surface area contributed by atoms with Gasteiger partial charge in [0.2, 0.25) is 5.78 Å². The number of ether oxygens (including phenoxy) is 1. The van der Waals surface area contributed by atoms with Gasteiger partial charge in [-0.05, 0) is 0 Å². The van der Waals surface area contributed by atoms with Crippen molar-refractivity contribution in [2.75, 3.05) is 25.4 Å². The Kier molecular flexibility index (Phi) is 3.93. The molecule has 0 bridgehead atoms. The molecule has 22 heavy (non-hydrogen) atoms. The standard InChI is InChI=1S/C14H15N3O4S/c18-14(10-4-2-1-3-5-10)13-11(8-16-17-13)22(19,20)9-12-15-6-7-21-12/h1-5,11,16H,6-9H2/t11-/m1/s1. The normalized spacial score (nSPS) is 20.8. The molecule has 1 aromatic rings. The van der Waals surface area contributed by atoms with Crippen LogP contribution in [0.5, 0.6) is 0 Å². The van der Waals surface area contributed by atoms with E-state index < -0.39 is 15.1 Å². The molecule has 116 valence electrons. The van der Waals surface area contributed by atoms with Gasteiger partial charge in [0.25, 0.3) is 0 Å². The minimum absolute atomic E-state index is 0.0183. The quantitative estimate of drug-likeness (QED) is 0.772. The van der Waals surface area contributed by atoms with E-state index >= 15 is 0 Å². The Labute approximate surface area is 128 Å². The molecule has 0 fully saturated rings. The minimum atomic E-state index is -3.62. The molecular weight excluding hydrogens is 306 g/mol. The summed E-state index contributed by atoms with van der Waals surface area (Å²) in [5, 5.41) is 2.91. The fourth-order valence-corrected chi connectivity index (χ4v) is 3.90. The van der Waals surface area contributed by atoms with Crippen LogP contribution in [0.2, 0.25) is 0 Å². The van der Waals surface area contributed by atoms with E-state index in [1.807, 2.05) is 0 Å². The largest absolute Gasteiger partial charge is 0.478 e. The van der Waals surface area contributed by atoms with E-state index in [1.165, 1.54) is 0 Å². The van der Waals surface area contributed by atoms with Gasteiger partial charge in [-0.2, -0.15) is 5.10 Å². The average molecular weight is 321 g/mol. The third kappa shape index (κ3) is 2.87. The van der Waals surface area contributed by atoms with Crippen molar-refractivity contribution in [1.82, 2.24) is 5.43 Å². The first kappa shape index (κ1) is 14.7. The predicted molar refractivity (Wildman–Crippen MR) is 82.0 cm³/mol. The van der Waals surface area contributed by atoms with E-state index in [0.717, 1.165) is 0 Å². The van der Waals surface area contributed by atoms with Gasteiger partial charge in [0, 0.05) is 5.56 Å². The highest BCUT2D eigenvalue weighted by molar-refractivity contribution is 7.93. The molecule has 0 amide bonds. The van der Waals surface area contributed by atoms with Gasteiger partial charge in [0.05, 0.1) is 13.1 Å². The van der Waals surface area contributed by atoms with Gasteiger partial charge in [-0.25, -0.2) is 8.42 Å². The number of ketones is 1. The van der Waals surface area contributed by atoms with Crippen LogP contribution in [-0.2, 0) is 14.6 Å². The predicted octanol–water partition coefficient (Wildman–Crippen LogP) is 0.0406. The first-order chi connectivity index (χ1) is 10.6. The molecule has 0 radical (unpaired) electrons. The number of hydrogen-bond acceptors (Lipinski definition) is 7. The number of hydrogen-bond donors (Lipinski definition) is 1. The number of carbonyl (C=O) groups is 1. The lowest BCUT2D eigenvalue weighted by molar-refractivity contribution is 0.106. The Morgan fingerprint density at radius 3 is 2.77 bits per heavy atom. The van der Waals surface area contributed by atoms with E-state index in [4.69, 9.17) is 4.74 Å². The molecule has 3 rings (SSSR count). The summed E-state index contributed by atoms with van der Waals surface area (Å²) in [6.45, 7) is 0.957. The smallest absolute Gasteiger partial charge is 0.210 e. The maximum Gasteiger partial charge on any atom is 0.210 e. The van der Waals surface area contributed by atoms with Gasteiger partial charge in [0.1, 0.15) is 23.3 Å². The summed E-state index contributed by atoms with van der Waals surface area (Å²) in [6, 6.07) is 8.50. The molecule has 1 N–H and O–H groups in total. The minimum Gasteiger partial charge on any atom is -0.478 e. The lowest BCUT2D eigenvalue weighted by Gasteiger charge is -2.12. The van der Waals surface area contributed by atoms with Crippen molar-refractivity contribution in [3.63, 3.8) is 0 Å². The first-order valence-electron chi connectivity index (χ1n) is 6.86. The summed E-state index contributed by atoms with van der Waals surface area (Å²) in [7, 11) is -3.62. The Balaban J connectivity index is 1.82. The number of sulfone groups is 1. The lowest BCUT2D eigenvalue weighted by Crippen LogP contribution is -2.39. The molecule has 1 atom stereocenters. The van der Waals surface area contributed by atoms with Crippen molar-refractivity contribution in [2.45, 2.75) is 5.25 Å². The Morgan fingerprint density at radius 1 is 1.32 bits per heavy atom. The van der Waals surface area contributed by atoms with Crippen LogP contribution < -0.4 is 5.43 Å². The molecule has 2 aliphatic rings. The fraction of sp³-hybridized carbons (Fsp3) is 0.357. The lowest BCUT2D eigenvalue weighted by atomic mass is 10.1. The summed E-state index contributed by atoms with van der Waals surface area (Å²) in [4.78, 5) is 16.4. The average Bonchev–Trinajstić information content (AvgIpc) is 3.18. The van der Waals surface area contributed by atoms with Gasteiger partial charge in [0.15, 0.2) is 15.7 Å². The molecule has 2 aliphatic heterocycles. The maximum absolute atomic E-state index is 12.5. The molecule has 7 nitrogen and oxygen atoms in total. The zero-order valence-corrected chi connectivity index (χ0v) is 12.5. The zero-order valence-electron chi connectivity index (χ0n) is 11.7. The van der Waals surface area contributed by atoms with Crippen molar-refractivity contribution in [3.05, 3.63) is 35.9 Å². The van der Waals surface area contributed by atoms with Gasteiger partial charge in [-0.15, -0.1) is 0 Å². The van der Waals surface area contributed by atoms with Gasteiger partial charge < -0.3 is 10.2 Å². The molecule has 8 heteroatoms. The van der Waals surface area contributed by atoms with Crippen LogP contribution in [0.1, 0.15) is 10.4 Å². The monoisotopic (exact) mass is 321 g/mol. The van der Waals surface area contributed by atoms with Crippen LogP contribution in [0.3, 0.4) is 0 Å². The molecule has 0 spiro atoms. The van der Waals surface area contributed by atoms with Crippen LogP contribution in [-0.4, -0.2) is 56.5 Å². The second kappa shape index (κ2) is 5.88. The summed E-state index contributed by atoms with van der Waals surface area (Å²) < 4.78 is 30.2. The van der Waals surface area contributed by atoms with Gasteiger partial charge in [-0.1, -0.05) is 30.3 Å². The molecule has 2 heterocycles. The molecule has 0 aliphatic carbocycles. The summed E-state index contributed by atoms with van der Waals surface area (Å²) in [5.41, 5.74) is 3.05. The number of carbonyl (C=O) groups excluding carboxylic acids is 1. The van der Waals surface area contributed by atoms with Gasteiger partial charge >= 0.3 is 0 Å². The van der Waals surface area contributed by atoms with E-state index in [9.17, 15) is 13.2 Å². The van der Waals surface area contributed by atoms with Crippen molar-refractivity contribution in [3.8, 4) is 0 Å². The van der Waals surface area contributed by atoms with Crippen molar-refractivity contribution < 1.29 is 17.9 Å². The molecule has 0 saturated carbocycles. The number of Topliss-reactive ketones (excluding diaryl/α,β-unsaturated/α-hetero) is 1. The van der Waals surface area contributed by atoms with Gasteiger partial charge in [-0.3, -0.25) is 9.79 Å². The van der Waals surface area contributed by atoms with Crippen LogP contribution in [0, 0.1) is 0 Å². The van der Waals surface area contributed by atoms with E-state index in [-0.39, 0.29) is 29.7 Å². The van der Waals surface area contributed by atoms with E-state index in [1.54, 1.807) is 30.3 Å². The van der Waals surface area contributed by atoms with Crippen molar-refractivity contribution in [1.29, 1.82) is 0 Å². The molecular formula is C14H15N3O4S. The Bertz CT molecular complexity index is 741. The number of nitrogens with zero attached hydrogens (tertiary/aromatic N) is 2. The molecule has 0 aromatic heterocycles. The SMILES string of the molecule is O=C(C1=NNC[C@H]1S(=O)(=O)CC1=NCCO1)c1ccccc1. The number of nitrogens with one attached hydrogen (secondary N) is 1. The third-order valence-electron chi connectivity index (χ3n) is 3.46. The highest BCUT2D eigenvalue weighted by atomic mass is 32.2. The molecule has 1 aromatic carbocycles. The maximum atomic E-state index is 12.5. The zero-order chi connectivity index (χ0) is 15.6. The van der Waals surface area contributed by atoms with E-state index in [0.29, 0.717) is 18.7 Å². The van der Waals surface area contributed by atoms with E-state index in [2.05, 4.69) is 15.5 Å². The number of hydrazone groups is 1. The topological polar surface area (TPSA) is 97.2 Å². The van der Waals surface area contributed by atoms with Crippen LogP contribution in [0.4, 0.5) is 0 Å². The summed E-state index contributed by atoms with van der Waals surface area (Å²) >= 11 is 0. The summed E-state index contributed by atoms with van der Waals surface area (Å²) in [6.07, 6.45) is 0. The second-order valence-electron chi connectivity index (χ2n) is 4.97. The number of benzene rings is 1. The third-order valence-corrected chi connectivity index (χ3v) is 5.36. The van der Waals surface area contributed by atoms with Crippen LogP contribution >= 0.6 is 0 Å². The first-order valence-corrected chi connectivity index (χ1v) is 8.57. The number of aliphatic imine (C=N–C) groups is 1. The summed E-state index contributed by atoms with van der Waals surface area (Å²) in [5.74, 6) is -0.479. The Morgan fingerprint density at radius 2 is 2.09 bits per heavy atom. The second-order valence-corrected chi connectivity index (χ2v) is 7.16. The highest BCUT2D eigenvalue weighted by Crippen LogP contribution is 2.15. The molecule has 0 saturated heterocycles. The molecule has 0 unspecified atom stereocenters. The van der Waals surface area contributed by atoms with Crippen LogP contribution in [0.25, 0.3) is 0 Å². The Hall–Kier alpha value is -2.22.